The number of nitrogens with one attached hydrogen (secondary N) is 2. The van der Waals surface area contributed by atoms with Gasteiger partial charge in [-0.3, -0.25) is 9.71 Å². The lowest BCUT2D eigenvalue weighted by Crippen LogP contribution is -2.30. The van der Waals surface area contributed by atoms with Gasteiger partial charge in [0, 0.05) is 25.0 Å². The van der Waals surface area contributed by atoms with Crippen LogP contribution in [0.4, 0.5) is 5.82 Å². The summed E-state index contributed by atoms with van der Waals surface area (Å²) in [5.41, 5.74) is 0.659. The summed E-state index contributed by atoms with van der Waals surface area (Å²) in [7, 11) is -2.59. The Bertz CT molecular complexity index is 1150. The van der Waals surface area contributed by atoms with Crippen LogP contribution in [0.3, 0.4) is 0 Å². The first-order valence-corrected chi connectivity index (χ1v) is 11.0. The molecule has 170 valence electrons. The van der Waals surface area contributed by atoms with Gasteiger partial charge in [0.2, 0.25) is 5.75 Å². The molecule has 3 aromatic rings. The number of aromatic nitrogens is 3. The Balaban J connectivity index is 1.89. The van der Waals surface area contributed by atoms with Crippen molar-refractivity contribution in [3.8, 4) is 23.1 Å². The average molecular weight is 482 g/mol. The minimum Gasteiger partial charge on any atom is -0.497 e. The molecule has 0 aliphatic carbocycles. The van der Waals surface area contributed by atoms with Crippen LogP contribution in [0.25, 0.3) is 0 Å². The number of nitrogens with zero attached hydrogens (tertiary/aromatic N) is 3. The predicted molar refractivity (Wildman–Crippen MR) is 116 cm³/mol. The maximum Gasteiger partial charge on any atom is 0.300 e. The van der Waals surface area contributed by atoms with Gasteiger partial charge in [0.15, 0.2) is 5.82 Å². The van der Waals surface area contributed by atoms with E-state index in [4.69, 9.17) is 30.9 Å². The van der Waals surface area contributed by atoms with Crippen molar-refractivity contribution in [1.29, 1.82) is 0 Å². The number of ether oxygens (including phenoxy) is 3. The maximum atomic E-state index is 12.6. The van der Waals surface area contributed by atoms with Gasteiger partial charge in [-0.15, -0.1) is 0 Å². The van der Waals surface area contributed by atoms with Gasteiger partial charge in [0.05, 0.1) is 18.7 Å². The van der Waals surface area contributed by atoms with Gasteiger partial charge in [0.1, 0.15) is 24.4 Å². The summed E-state index contributed by atoms with van der Waals surface area (Å²) in [5, 5.41) is 9.31. The van der Waals surface area contributed by atoms with Crippen LogP contribution in [0, 0.1) is 0 Å². The second-order valence-electron chi connectivity index (χ2n) is 6.11. The third kappa shape index (κ3) is 6.40. The topological polar surface area (TPSA) is 145 Å². The fourth-order valence-corrected chi connectivity index (χ4v) is 3.40. The summed E-state index contributed by atoms with van der Waals surface area (Å²) in [6.07, 6.45) is 4.21. The monoisotopic (exact) mass is 481 g/mol. The molecule has 0 atom stereocenters. The van der Waals surface area contributed by atoms with Crippen LogP contribution in [0.1, 0.15) is 5.56 Å². The van der Waals surface area contributed by atoms with Gasteiger partial charge < -0.3 is 19.3 Å². The quantitative estimate of drug-likeness (QED) is 0.375. The Morgan fingerprint density at radius 3 is 2.78 bits per heavy atom. The third-order valence-corrected chi connectivity index (χ3v) is 5.17. The molecule has 3 rings (SSSR count). The molecule has 0 spiro atoms. The van der Waals surface area contributed by atoms with Crippen molar-refractivity contribution in [1.82, 2.24) is 19.7 Å². The van der Waals surface area contributed by atoms with Crippen LogP contribution in [0.15, 0.2) is 49.1 Å². The smallest absolute Gasteiger partial charge is 0.300 e. The van der Waals surface area contributed by atoms with Gasteiger partial charge >= 0.3 is 10.2 Å². The summed E-state index contributed by atoms with van der Waals surface area (Å²) >= 11 is 6.20. The number of halogens is 1. The number of pyridine rings is 1. The van der Waals surface area contributed by atoms with Crippen molar-refractivity contribution in [2.75, 3.05) is 25.0 Å². The Morgan fingerprint density at radius 1 is 1.22 bits per heavy atom. The molecule has 0 radical (unpaired) electrons. The Hall–Kier alpha value is -3.19. The van der Waals surface area contributed by atoms with E-state index in [1.54, 1.807) is 30.5 Å². The fraction of sp³-hybridized carbons (Fsp3) is 0.211. The van der Waals surface area contributed by atoms with Crippen LogP contribution in [-0.4, -0.2) is 48.8 Å². The van der Waals surface area contributed by atoms with E-state index in [1.165, 1.54) is 19.4 Å². The zero-order valence-electron chi connectivity index (χ0n) is 16.9. The number of methoxy groups -OCH3 is 1. The van der Waals surface area contributed by atoms with Crippen LogP contribution in [0.2, 0.25) is 5.02 Å². The maximum absolute atomic E-state index is 12.6. The summed E-state index contributed by atoms with van der Waals surface area (Å²) in [4.78, 5) is 11.9. The predicted octanol–water partition coefficient (Wildman–Crippen LogP) is 2.14. The van der Waals surface area contributed by atoms with Gasteiger partial charge in [-0.25, -0.2) is 4.98 Å². The second kappa shape index (κ2) is 10.9. The van der Waals surface area contributed by atoms with E-state index in [0.717, 1.165) is 6.33 Å². The molecule has 0 saturated carbocycles. The molecule has 1 aromatic carbocycles. The molecule has 0 aliphatic heterocycles. The largest absolute Gasteiger partial charge is 0.497 e. The standard InChI is InChI=1S/C19H20ClN5O6S/c1-29-14-4-5-15(20)16(9-14)31-17-18(22-12-23-19(17)30-8-7-26)25-32(27,28)24-11-13-3-2-6-21-10-13/h2-6,9-10,12,24,26H,7-8,11H2,1H3,(H,22,23,25). The van der Waals surface area contributed by atoms with E-state index in [9.17, 15) is 8.42 Å². The van der Waals surface area contributed by atoms with Crippen LogP contribution < -0.4 is 23.7 Å². The van der Waals surface area contributed by atoms with Gasteiger partial charge in [0.25, 0.3) is 5.88 Å². The second-order valence-corrected chi connectivity index (χ2v) is 8.02. The Kier molecular flexibility index (Phi) is 8.00. The highest BCUT2D eigenvalue weighted by Gasteiger charge is 2.21. The SMILES string of the molecule is COc1ccc(Cl)c(Oc2c(NS(=O)(=O)NCc3cccnc3)ncnc2OCCO)c1. The average Bonchev–Trinajstić information content (AvgIpc) is 2.79. The van der Waals surface area contributed by atoms with E-state index in [1.807, 2.05) is 0 Å². The summed E-state index contributed by atoms with van der Waals surface area (Å²) in [5.74, 6) is 0.157. The minimum atomic E-state index is -4.07. The lowest BCUT2D eigenvalue weighted by Gasteiger charge is -2.16. The van der Waals surface area contributed by atoms with E-state index in [0.29, 0.717) is 11.3 Å². The molecule has 2 aromatic heterocycles. The molecule has 0 amide bonds. The van der Waals surface area contributed by atoms with Gasteiger partial charge in [-0.1, -0.05) is 17.7 Å². The molecular weight excluding hydrogens is 462 g/mol. The number of anilines is 1. The van der Waals surface area contributed by atoms with Crippen molar-refractivity contribution >= 4 is 27.6 Å². The van der Waals surface area contributed by atoms with Crippen LogP contribution in [-0.2, 0) is 16.8 Å². The number of benzene rings is 1. The molecule has 0 unspecified atom stereocenters. The highest BCUT2D eigenvalue weighted by molar-refractivity contribution is 7.90. The van der Waals surface area contributed by atoms with E-state index in [-0.39, 0.29) is 48.0 Å². The first kappa shape index (κ1) is 23.5. The molecule has 0 fully saturated rings. The molecule has 0 bridgehead atoms. The molecule has 0 saturated heterocycles. The minimum absolute atomic E-state index is 0.0000289. The highest BCUT2D eigenvalue weighted by atomic mass is 35.5. The highest BCUT2D eigenvalue weighted by Crippen LogP contribution is 2.39. The van der Waals surface area contributed by atoms with Crippen LogP contribution in [0.5, 0.6) is 23.1 Å². The van der Waals surface area contributed by atoms with E-state index in [2.05, 4.69) is 24.4 Å². The summed E-state index contributed by atoms with van der Waals surface area (Å²) < 4.78 is 46.2. The first-order chi connectivity index (χ1) is 15.4. The summed E-state index contributed by atoms with van der Waals surface area (Å²) in [6.45, 7) is -0.401. The third-order valence-electron chi connectivity index (χ3n) is 3.87. The van der Waals surface area contributed by atoms with Crippen molar-refractivity contribution in [3.63, 3.8) is 0 Å². The van der Waals surface area contributed by atoms with Crippen molar-refractivity contribution in [2.24, 2.45) is 0 Å². The molecular formula is C19H20ClN5O6S. The van der Waals surface area contributed by atoms with E-state index >= 15 is 0 Å². The number of aliphatic hydroxyl groups excluding tert-OH is 1. The zero-order chi connectivity index (χ0) is 23.0. The Morgan fingerprint density at radius 2 is 2.06 bits per heavy atom. The molecule has 32 heavy (non-hydrogen) atoms. The number of rotatable bonds is 11. The molecule has 11 nitrogen and oxygen atoms in total. The fourth-order valence-electron chi connectivity index (χ4n) is 2.41. The van der Waals surface area contributed by atoms with E-state index < -0.39 is 10.2 Å². The molecule has 0 aliphatic rings. The zero-order valence-corrected chi connectivity index (χ0v) is 18.4. The van der Waals surface area contributed by atoms with Gasteiger partial charge in [-0.2, -0.15) is 18.1 Å². The molecule has 2 heterocycles. The number of aliphatic hydroxyl groups is 1. The van der Waals surface area contributed by atoms with Gasteiger partial charge in [-0.05, 0) is 23.8 Å². The molecule has 13 heteroatoms. The lowest BCUT2D eigenvalue weighted by atomic mass is 10.3. The Labute approximate surface area is 189 Å². The number of hydrogen-bond acceptors (Lipinski definition) is 9. The van der Waals surface area contributed by atoms with Crippen molar-refractivity contribution < 1.29 is 27.7 Å². The number of hydrogen-bond donors (Lipinski definition) is 3. The normalized spacial score (nSPS) is 11.1. The molecule has 3 N–H and O–H groups in total. The lowest BCUT2D eigenvalue weighted by molar-refractivity contribution is 0.192. The summed E-state index contributed by atoms with van der Waals surface area (Å²) in [6, 6.07) is 8.10. The van der Waals surface area contributed by atoms with Crippen LogP contribution >= 0.6 is 11.6 Å². The van der Waals surface area contributed by atoms with Crippen molar-refractivity contribution in [3.05, 3.63) is 59.6 Å². The first-order valence-electron chi connectivity index (χ1n) is 9.18. The van der Waals surface area contributed by atoms with Crippen molar-refractivity contribution in [2.45, 2.75) is 6.54 Å².